The number of hydrogen-bond donors (Lipinski definition) is 0. The molecule has 38 heavy (non-hydrogen) atoms. The number of nitrogens with zero attached hydrogens (tertiary/aromatic N) is 2. The van der Waals surface area contributed by atoms with Gasteiger partial charge in [0.05, 0.1) is 5.52 Å². The van der Waals surface area contributed by atoms with Crippen LogP contribution in [0.4, 0.5) is 0 Å². The van der Waals surface area contributed by atoms with Crippen molar-refractivity contribution in [3.8, 4) is 11.4 Å². The van der Waals surface area contributed by atoms with Gasteiger partial charge in [-0.05, 0) is 54.4 Å². The van der Waals surface area contributed by atoms with Gasteiger partial charge in [-0.25, -0.2) is 0 Å². The van der Waals surface area contributed by atoms with Crippen LogP contribution >= 0.6 is 0 Å². The summed E-state index contributed by atoms with van der Waals surface area (Å²) in [4.78, 5) is 0. The molecule has 0 amide bonds. The Hall–Kier alpha value is -2.84. The molecule has 186 valence electrons. The number of aromatic nitrogens is 2. The van der Waals surface area contributed by atoms with Gasteiger partial charge in [-0.15, -0.1) is 82.2 Å². The standard InChI is InChI=1S/C20H16N.C13H10N.2ClH.Zr/c1-2-7-15-13-16(12-14(15)6-1)21-19-10-4-3-8-17(19)18-9-5-11-20(18)21;1-2-6-12-10-13(9-11(12)5-1)14-7-3-4-8-14;;;/h1-4,6-8,10,12-13H,5,9,11H2;1-10H;2*1H;/q2*-1;;;+4/p-2. The van der Waals surface area contributed by atoms with Crippen molar-refractivity contribution in [1.29, 1.82) is 0 Å². The number of aryl methyl sites for hydroxylation is 1. The molecule has 0 bridgehead atoms. The van der Waals surface area contributed by atoms with E-state index in [1.807, 2.05) is 12.1 Å². The molecule has 0 atom stereocenters. The average molecular weight is 613 g/mol. The fourth-order valence-electron chi connectivity index (χ4n) is 5.68. The van der Waals surface area contributed by atoms with Gasteiger partial charge >= 0.3 is 26.2 Å². The molecule has 0 unspecified atom stereocenters. The molecule has 0 radical (unpaired) electrons. The van der Waals surface area contributed by atoms with Crippen molar-refractivity contribution in [2.45, 2.75) is 19.3 Å². The number of benzene rings is 3. The van der Waals surface area contributed by atoms with Crippen LogP contribution in [0.25, 0.3) is 43.8 Å². The maximum Gasteiger partial charge on any atom is 4.00 e. The summed E-state index contributed by atoms with van der Waals surface area (Å²) in [6.45, 7) is 0. The van der Waals surface area contributed by atoms with E-state index in [0.717, 1.165) is 0 Å². The number of fused-ring (bicyclic) bond motifs is 5. The normalized spacial score (nSPS) is 11.8. The van der Waals surface area contributed by atoms with E-state index in [-0.39, 0.29) is 51.0 Å². The maximum absolute atomic E-state index is 2.48. The van der Waals surface area contributed by atoms with Gasteiger partial charge in [0, 0.05) is 23.5 Å². The predicted octanol–water partition coefficient (Wildman–Crippen LogP) is 2.35. The van der Waals surface area contributed by atoms with Crippen LogP contribution in [-0.2, 0) is 39.0 Å². The third-order valence-corrected chi connectivity index (χ3v) is 7.30. The Morgan fingerprint density at radius 3 is 1.87 bits per heavy atom. The Labute approximate surface area is 254 Å². The first-order valence-electron chi connectivity index (χ1n) is 12.4. The summed E-state index contributed by atoms with van der Waals surface area (Å²) in [7, 11) is 0. The first-order valence-corrected chi connectivity index (χ1v) is 12.4. The number of hydrogen-bond acceptors (Lipinski definition) is 0. The average Bonchev–Trinajstić information content (AvgIpc) is 3.70. The Kier molecular flexibility index (Phi) is 8.83. The Bertz CT molecular complexity index is 1720. The van der Waals surface area contributed by atoms with E-state index in [1.54, 1.807) is 5.56 Å². The predicted molar refractivity (Wildman–Crippen MR) is 147 cm³/mol. The number of para-hydroxylation sites is 1. The fraction of sp³-hybridized carbons (Fsp3) is 0.0909. The zero-order valence-corrected chi connectivity index (χ0v) is 24.8. The van der Waals surface area contributed by atoms with Crippen molar-refractivity contribution < 1.29 is 51.0 Å². The van der Waals surface area contributed by atoms with Gasteiger partial charge in [-0.1, -0.05) is 30.3 Å². The molecule has 7 aromatic rings. The van der Waals surface area contributed by atoms with Crippen LogP contribution in [-0.4, -0.2) is 9.13 Å². The molecule has 0 saturated carbocycles. The second-order valence-corrected chi connectivity index (χ2v) is 9.41. The van der Waals surface area contributed by atoms with E-state index in [9.17, 15) is 0 Å². The van der Waals surface area contributed by atoms with E-state index in [0.29, 0.717) is 0 Å². The van der Waals surface area contributed by atoms with Crippen LogP contribution in [0.15, 0.2) is 122 Å². The van der Waals surface area contributed by atoms with E-state index in [4.69, 9.17) is 0 Å². The van der Waals surface area contributed by atoms with Crippen LogP contribution in [0.2, 0.25) is 0 Å². The van der Waals surface area contributed by atoms with Crippen molar-refractivity contribution in [3.63, 3.8) is 0 Å². The summed E-state index contributed by atoms with van der Waals surface area (Å²) in [5.74, 6) is 0. The summed E-state index contributed by atoms with van der Waals surface area (Å²) >= 11 is 0. The van der Waals surface area contributed by atoms with Crippen molar-refractivity contribution in [3.05, 3.63) is 133 Å². The van der Waals surface area contributed by atoms with Gasteiger partial charge in [0.1, 0.15) is 0 Å². The first-order chi connectivity index (χ1) is 17.3. The van der Waals surface area contributed by atoms with Crippen LogP contribution < -0.4 is 24.8 Å². The van der Waals surface area contributed by atoms with Crippen molar-refractivity contribution in [2.24, 2.45) is 0 Å². The smallest absolute Gasteiger partial charge is 1.00 e. The molecule has 8 rings (SSSR count). The van der Waals surface area contributed by atoms with E-state index < -0.39 is 0 Å². The topological polar surface area (TPSA) is 9.86 Å². The second-order valence-electron chi connectivity index (χ2n) is 9.41. The summed E-state index contributed by atoms with van der Waals surface area (Å²) in [5.41, 5.74) is 6.99. The molecular formula is C33H26Cl2N2Zr. The maximum atomic E-state index is 2.48. The quantitative estimate of drug-likeness (QED) is 0.266. The fourth-order valence-corrected chi connectivity index (χ4v) is 5.68. The van der Waals surface area contributed by atoms with E-state index >= 15 is 0 Å². The molecular weight excluding hydrogens is 587 g/mol. The van der Waals surface area contributed by atoms with Gasteiger partial charge in [0.2, 0.25) is 0 Å². The molecule has 1 aliphatic rings. The molecule has 0 N–H and O–H groups in total. The Morgan fingerprint density at radius 2 is 1.18 bits per heavy atom. The third kappa shape index (κ3) is 4.96. The van der Waals surface area contributed by atoms with Crippen LogP contribution in [0.5, 0.6) is 0 Å². The van der Waals surface area contributed by atoms with E-state index in [1.165, 1.54) is 68.8 Å². The minimum absolute atomic E-state index is 0. The van der Waals surface area contributed by atoms with Crippen molar-refractivity contribution >= 4 is 32.4 Å². The molecule has 0 fully saturated rings. The Balaban J connectivity index is 0.000000175. The van der Waals surface area contributed by atoms with Gasteiger partial charge < -0.3 is 33.9 Å². The molecule has 2 nitrogen and oxygen atoms in total. The summed E-state index contributed by atoms with van der Waals surface area (Å²) in [6.07, 6.45) is 7.84. The largest absolute Gasteiger partial charge is 4.00 e. The molecule has 2 heterocycles. The van der Waals surface area contributed by atoms with Gasteiger partial charge in [0.25, 0.3) is 0 Å². The number of halogens is 2. The summed E-state index contributed by atoms with van der Waals surface area (Å²) in [5, 5.41) is 6.71. The van der Waals surface area contributed by atoms with Gasteiger partial charge in [0.15, 0.2) is 0 Å². The molecule has 2 aromatic heterocycles. The van der Waals surface area contributed by atoms with Crippen LogP contribution in [0, 0.1) is 0 Å². The van der Waals surface area contributed by atoms with Crippen LogP contribution in [0.3, 0.4) is 0 Å². The molecule has 5 aromatic carbocycles. The van der Waals surface area contributed by atoms with Crippen molar-refractivity contribution in [2.75, 3.05) is 0 Å². The van der Waals surface area contributed by atoms with E-state index in [2.05, 4.69) is 119 Å². The number of rotatable bonds is 2. The monoisotopic (exact) mass is 610 g/mol. The second kappa shape index (κ2) is 11.9. The SMILES string of the molecule is [Cl-].[Cl-].[Zr+4].c1ccc2[cH-]c(-n3c4c(c5ccccc53)CCC4)cc2c1.c1ccc2[cH-]c(-n3cccc3)cc2c1. The minimum atomic E-state index is 0. The third-order valence-electron chi connectivity index (χ3n) is 7.30. The first kappa shape index (κ1) is 28.2. The molecule has 0 spiro atoms. The molecule has 1 aliphatic carbocycles. The van der Waals surface area contributed by atoms with Crippen LogP contribution in [0.1, 0.15) is 17.7 Å². The zero-order chi connectivity index (χ0) is 23.2. The van der Waals surface area contributed by atoms with Crippen molar-refractivity contribution in [1.82, 2.24) is 9.13 Å². The Morgan fingerprint density at radius 1 is 0.605 bits per heavy atom. The van der Waals surface area contributed by atoms with Gasteiger partial charge in [-0.2, -0.15) is 0 Å². The minimum Gasteiger partial charge on any atom is -1.00 e. The summed E-state index contributed by atoms with van der Waals surface area (Å²) < 4.78 is 4.61. The van der Waals surface area contributed by atoms with Gasteiger partial charge in [-0.3, -0.25) is 0 Å². The molecule has 0 aliphatic heterocycles. The summed E-state index contributed by atoms with van der Waals surface area (Å²) in [6, 6.07) is 39.0. The zero-order valence-electron chi connectivity index (χ0n) is 20.8. The molecule has 5 heteroatoms. The molecule has 0 saturated heterocycles.